The molecule has 1 saturated carbocycles. The smallest absolute Gasteiger partial charge is 0.271 e. The van der Waals surface area contributed by atoms with Crippen molar-refractivity contribution in [3.63, 3.8) is 0 Å². The monoisotopic (exact) mass is 489 g/mol. The number of amides is 2. The Balaban J connectivity index is 1.57. The average molecular weight is 490 g/mol. The van der Waals surface area contributed by atoms with E-state index in [4.69, 9.17) is 9.47 Å². The Morgan fingerprint density at radius 1 is 1.03 bits per heavy atom. The van der Waals surface area contributed by atoms with Crippen molar-refractivity contribution in [2.45, 2.75) is 63.6 Å². The van der Waals surface area contributed by atoms with E-state index < -0.39 is 5.54 Å². The van der Waals surface area contributed by atoms with Crippen molar-refractivity contribution in [2.75, 3.05) is 20.8 Å². The summed E-state index contributed by atoms with van der Waals surface area (Å²) >= 11 is 0. The second kappa shape index (κ2) is 9.88. The Morgan fingerprint density at radius 2 is 1.72 bits per heavy atom. The Bertz CT molecular complexity index is 1260. The van der Waals surface area contributed by atoms with Gasteiger partial charge in [-0.25, -0.2) is 0 Å². The Morgan fingerprint density at radius 3 is 2.42 bits per heavy atom. The summed E-state index contributed by atoms with van der Waals surface area (Å²) < 4.78 is 13.2. The minimum atomic E-state index is -1.05. The zero-order valence-corrected chi connectivity index (χ0v) is 21.4. The first-order valence-electron chi connectivity index (χ1n) is 12.9. The van der Waals surface area contributed by atoms with Gasteiger partial charge in [-0.05, 0) is 49.9 Å². The van der Waals surface area contributed by atoms with Gasteiger partial charge in [-0.3, -0.25) is 9.59 Å². The molecule has 1 aliphatic heterocycles. The van der Waals surface area contributed by atoms with Gasteiger partial charge in [-0.15, -0.1) is 0 Å². The van der Waals surface area contributed by atoms with Crippen LogP contribution in [-0.4, -0.2) is 53.6 Å². The van der Waals surface area contributed by atoms with E-state index in [1.54, 1.807) is 19.1 Å². The lowest BCUT2D eigenvalue weighted by atomic mass is 9.91. The van der Waals surface area contributed by atoms with Gasteiger partial charge in [0, 0.05) is 18.0 Å². The largest absolute Gasteiger partial charge is 0.496 e. The molecule has 7 nitrogen and oxygen atoms in total. The van der Waals surface area contributed by atoms with Crippen LogP contribution < -0.4 is 14.8 Å². The van der Waals surface area contributed by atoms with Crippen LogP contribution in [0.2, 0.25) is 0 Å². The van der Waals surface area contributed by atoms with E-state index in [-0.39, 0.29) is 17.9 Å². The number of hydrogen-bond donors (Lipinski definition) is 1. The lowest BCUT2D eigenvalue weighted by molar-refractivity contribution is -0.133. The molecule has 0 radical (unpaired) electrons. The molecule has 0 spiro atoms. The maximum absolute atomic E-state index is 14.1. The third kappa shape index (κ3) is 4.21. The van der Waals surface area contributed by atoms with Crippen molar-refractivity contribution < 1.29 is 19.1 Å². The number of hydrogen-bond acceptors (Lipinski definition) is 4. The van der Waals surface area contributed by atoms with Crippen molar-refractivity contribution >= 4 is 22.7 Å². The molecule has 190 valence electrons. The van der Waals surface area contributed by atoms with E-state index in [2.05, 4.69) is 17.4 Å². The lowest BCUT2D eigenvalue weighted by Crippen LogP contribution is -2.65. The third-order valence-corrected chi connectivity index (χ3v) is 7.84. The number of rotatable bonds is 7. The van der Waals surface area contributed by atoms with E-state index in [9.17, 15) is 9.59 Å². The van der Waals surface area contributed by atoms with E-state index >= 15 is 0 Å². The zero-order chi connectivity index (χ0) is 25.3. The minimum absolute atomic E-state index is 0.0924. The number of carbonyl (C=O) groups is 2. The summed E-state index contributed by atoms with van der Waals surface area (Å²) in [5.74, 6) is 1.08. The van der Waals surface area contributed by atoms with Crippen molar-refractivity contribution in [1.29, 1.82) is 0 Å². The Kier molecular flexibility index (Phi) is 6.65. The highest BCUT2D eigenvalue weighted by Crippen LogP contribution is 2.40. The van der Waals surface area contributed by atoms with Crippen LogP contribution in [-0.2, 0) is 17.8 Å². The summed E-state index contributed by atoms with van der Waals surface area (Å²) in [7, 11) is 3.24. The lowest BCUT2D eigenvalue weighted by Gasteiger charge is -2.45. The Hall–Kier alpha value is -3.48. The van der Waals surface area contributed by atoms with Gasteiger partial charge in [0.2, 0.25) is 5.91 Å². The molecule has 1 fully saturated rings. The number of benzene rings is 2. The van der Waals surface area contributed by atoms with Crippen LogP contribution in [0.15, 0.2) is 48.5 Å². The molecule has 2 aliphatic rings. The fourth-order valence-electron chi connectivity index (χ4n) is 5.78. The number of ether oxygens (including phenoxy) is 2. The molecule has 0 unspecified atom stereocenters. The van der Waals surface area contributed by atoms with Crippen LogP contribution in [0.3, 0.4) is 0 Å². The molecule has 1 atom stereocenters. The van der Waals surface area contributed by atoms with Crippen molar-refractivity contribution in [3.8, 4) is 11.5 Å². The van der Waals surface area contributed by atoms with Gasteiger partial charge >= 0.3 is 0 Å². The summed E-state index contributed by atoms with van der Waals surface area (Å²) in [6.07, 6.45) is 6.12. The maximum Gasteiger partial charge on any atom is 0.271 e. The molecular weight excluding hydrogens is 454 g/mol. The van der Waals surface area contributed by atoms with Crippen molar-refractivity contribution in [3.05, 3.63) is 59.8 Å². The van der Waals surface area contributed by atoms with Crippen LogP contribution in [0, 0.1) is 0 Å². The predicted octanol–water partition coefficient (Wildman–Crippen LogP) is 4.56. The number of nitrogens with zero attached hydrogens (tertiary/aromatic N) is 2. The predicted molar refractivity (Wildman–Crippen MR) is 140 cm³/mol. The number of carbonyl (C=O) groups excluding carboxylic acids is 2. The quantitative estimate of drug-likeness (QED) is 0.528. The number of fused-ring (bicyclic) bond motifs is 3. The zero-order valence-electron chi connectivity index (χ0n) is 21.4. The number of aromatic nitrogens is 1. The van der Waals surface area contributed by atoms with Gasteiger partial charge in [-0.2, -0.15) is 0 Å². The summed E-state index contributed by atoms with van der Waals surface area (Å²) in [6.45, 7) is 2.69. The second-order valence-corrected chi connectivity index (χ2v) is 10.1. The highest BCUT2D eigenvalue weighted by Gasteiger charge is 2.48. The molecule has 0 saturated heterocycles. The summed E-state index contributed by atoms with van der Waals surface area (Å²) in [5.41, 5.74) is 1.41. The third-order valence-electron chi connectivity index (χ3n) is 7.84. The molecule has 5 rings (SSSR count). The van der Waals surface area contributed by atoms with E-state index in [0.717, 1.165) is 42.1 Å². The molecule has 2 aromatic carbocycles. The van der Waals surface area contributed by atoms with Crippen LogP contribution in [0.1, 0.15) is 55.1 Å². The van der Waals surface area contributed by atoms with Crippen molar-refractivity contribution in [2.24, 2.45) is 0 Å². The number of nitrogens with one attached hydrogen (secondary N) is 1. The minimum Gasteiger partial charge on any atom is -0.496 e. The molecular formula is C29H35N3O4. The van der Waals surface area contributed by atoms with Gasteiger partial charge < -0.3 is 24.3 Å². The molecule has 1 aromatic heterocycles. The molecule has 1 N–H and O–H groups in total. The van der Waals surface area contributed by atoms with Gasteiger partial charge in [-0.1, -0.05) is 49.6 Å². The molecule has 36 heavy (non-hydrogen) atoms. The fraction of sp³-hybridized carbons (Fsp3) is 0.448. The van der Waals surface area contributed by atoms with E-state index in [0.29, 0.717) is 36.7 Å². The second-order valence-electron chi connectivity index (χ2n) is 10.1. The summed E-state index contributed by atoms with van der Waals surface area (Å²) in [5, 5.41) is 4.10. The summed E-state index contributed by atoms with van der Waals surface area (Å²) in [6, 6.07) is 15.8. The molecule has 0 bridgehead atoms. The van der Waals surface area contributed by atoms with Gasteiger partial charge in [0.05, 0.1) is 26.3 Å². The highest BCUT2D eigenvalue weighted by molar-refractivity contribution is 6.06. The Labute approximate surface area is 212 Å². The SMILES string of the molecule is COc1ccc(OC)c2c1cc1n2C[C@@](C)(C(=O)NC2CCCCC2)N(CCc2ccccc2)C1=O. The van der Waals surface area contributed by atoms with E-state index in [1.807, 2.05) is 47.9 Å². The average Bonchev–Trinajstić information content (AvgIpc) is 3.28. The van der Waals surface area contributed by atoms with Crippen LogP contribution >= 0.6 is 0 Å². The van der Waals surface area contributed by atoms with Crippen LogP contribution in [0.25, 0.3) is 10.9 Å². The van der Waals surface area contributed by atoms with Crippen molar-refractivity contribution in [1.82, 2.24) is 14.8 Å². The van der Waals surface area contributed by atoms with Gasteiger partial charge in [0.1, 0.15) is 22.7 Å². The van der Waals surface area contributed by atoms with Gasteiger partial charge in [0.15, 0.2) is 0 Å². The molecule has 7 heteroatoms. The first-order chi connectivity index (χ1) is 17.5. The van der Waals surface area contributed by atoms with Crippen LogP contribution in [0.5, 0.6) is 11.5 Å². The summed E-state index contributed by atoms with van der Waals surface area (Å²) in [4.78, 5) is 29.8. The topological polar surface area (TPSA) is 72.8 Å². The highest BCUT2D eigenvalue weighted by atomic mass is 16.5. The molecule has 1 aliphatic carbocycles. The number of methoxy groups -OCH3 is 2. The maximum atomic E-state index is 14.1. The normalized spacial score (nSPS) is 20.3. The first-order valence-corrected chi connectivity index (χ1v) is 12.9. The van der Waals surface area contributed by atoms with Gasteiger partial charge in [0.25, 0.3) is 5.91 Å². The fourth-order valence-corrected chi connectivity index (χ4v) is 5.78. The standard InChI is InChI=1S/C29H35N3O4/c1-29(28(34)30-21-12-8-5-9-13-21)19-31-23(18-22-24(35-2)14-15-25(36-3)26(22)31)27(33)32(29)17-16-20-10-6-4-7-11-20/h4,6-7,10-11,14-15,18,21H,5,8-9,12-13,16-17,19H2,1-3H3,(H,30,34)/t29-/m0/s1. The molecule has 2 heterocycles. The van der Waals surface area contributed by atoms with Crippen LogP contribution in [0.4, 0.5) is 0 Å². The first kappa shape index (κ1) is 24.2. The molecule has 2 amide bonds. The molecule has 3 aromatic rings. The van der Waals surface area contributed by atoms with E-state index in [1.165, 1.54) is 6.42 Å².